The number of hydrogen-bond donors (Lipinski definition) is 0. The summed E-state index contributed by atoms with van der Waals surface area (Å²) in [5, 5.41) is 1.17. The maximum atomic E-state index is 12.6. The van der Waals surface area contributed by atoms with Gasteiger partial charge in [0.15, 0.2) is 0 Å². The molecule has 1 atom stereocenters. The molecular weight excluding hydrogens is 312 g/mol. The Hall–Kier alpha value is -2.82. The van der Waals surface area contributed by atoms with Gasteiger partial charge in [0.2, 0.25) is 5.82 Å². The molecule has 0 bridgehead atoms. The number of piperidine rings is 1. The van der Waals surface area contributed by atoms with Gasteiger partial charge in [-0.3, -0.25) is 9.78 Å². The molecule has 5 heteroatoms. The van der Waals surface area contributed by atoms with Crippen molar-refractivity contribution in [3.05, 3.63) is 66.4 Å². The molecule has 0 radical (unpaired) electrons. The van der Waals surface area contributed by atoms with E-state index in [1.54, 1.807) is 18.5 Å². The maximum Gasteiger partial charge on any atom is 0.291 e. The van der Waals surface area contributed by atoms with Crippen LogP contribution in [0.2, 0.25) is 0 Å². The van der Waals surface area contributed by atoms with E-state index in [-0.39, 0.29) is 11.7 Å². The van der Waals surface area contributed by atoms with Crippen molar-refractivity contribution >= 4 is 16.8 Å². The van der Waals surface area contributed by atoms with Gasteiger partial charge in [0.1, 0.15) is 0 Å². The Balaban J connectivity index is 1.46. The fraction of sp³-hybridized carbons (Fsp3) is 0.300. The van der Waals surface area contributed by atoms with Gasteiger partial charge < -0.3 is 4.90 Å². The molecule has 3 aromatic rings. The van der Waals surface area contributed by atoms with Crippen molar-refractivity contribution in [1.82, 2.24) is 19.9 Å². The van der Waals surface area contributed by atoms with Crippen molar-refractivity contribution in [3.8, 4) is 0 Å². The highest BCUT2D eigenvalue weighted by atomic mass is 16.2. The van der Waals surface area contributed by atoms with E-state index in [9.17, 15) is 4.79 Å². The molecule has 1 aromatic carbocycles. The van der Waals surface area contributed by atoms with Crippen LogP contribution >= 0.6 is 0 Å². The molecule has 5 nitrogen and oxygen atoms in total. The average Bonchev–Trinajstić information content (AvgIpc) is 2.68. The Bertz CT molecular complexity index is 881. The first-order valence-corrected chi connectivity index (χ1v) is 8.69. The minimum atomic E-state index is -0.0677. The lowest BCUT2D eigenvalue weighted by molar-refractivity contribution is 0.0661. The van der Waals surface area contributed by atoms with Crippen LogP contribution in [0.4, 0.5) is 0 Å². The Kier molecular flexibility index (Phi) is 4.37. The van der Waals surface area contributed by atoms with Gasteiger partial charge in [0.05, 0.1) is 5.52 Å². The Morgan fingerprint density at radius 1 is 1.12 bits per heavy atom. The molecule has 0 aliphatic carbocycles. The predicted molar refractivity (Wildman–Crippen MR) is 96.1 cm³/mol. The average molecular weight is 332 g/mol. The Labute approximate surface area is 146 Å². The largest absolute Gasteiger partial charge is 0.336 e. The molecule has 0 unspecified atom stereocenters. The lowest BCUT2D eigenvalue weighted by Gasteiger charge is -2.32. The fourth-order valence-corrected chi connectivity index (χ4v) is 3.53. The zero-order valence-electron chi connectivity index (χ0n) is 14.0. The third kappa shape index (κ3) is 3.50. The van der Waals surface area contributed by atoms with Crippen molar-refractivity contribution in [2.24, 2.45) is 5.92 Å². The summed E-state index contributed by atoms with van der Waals surface area (Å²) in [5.41, 5.74) is 2.25. The van der Waals surface area contributed by atoms with Crippen molar-refractivity contribution < 1.29 is 4.79 Å². The number of hydrogen-bond acceptors (Lipinski definition) is 4. The van der Waals surface area contributed by atoms with E-state index in [1.807, 2.05) is 29.3 Å². The minimum absolute atomic E-state index is 0.0677. The SMILES string of the molecule is O=C(c1ncccn1)N1CCC[C@@H](Cc2cnc3ccccc3c2)C1. The first-order valence-electron chi connectivity index (χ1n) is 8.69. The smallest absolute Gasteiger partial charge is 0.291 e. The highest BCUT2D eigenvalue weighted by Crippen LogP contribution is 2.23. The lowest BCUT2D eigenvalue weighted by Crippen LogP contribution is -2.41. The molecule has 1 amide bonds. The molecule has 0 saturated carbocycles. The summed E-state index contributed by atoms with van der Waals surface area (Å²) in [7, 11) is 0. The monoisotopic (exact) mass is 332 g/mol. The van der Waals surface area contributed by atoms with Gasteiger partial charge in [-0.1, -0.05) is 18.2 Å². The van der Waals surface area contributed by atoms with Crippen LogP contribution < -0.4 is 0 Å². The number of aromatic nitrogens is 3. The van der Waals surface area contributed by atoms with Crippen molar-refractivity contribution in [2.45, 2.75) is 19.3 Å². The summed E-state index contributed by atoms with van der Waals surface area (Å²) in [6.07, 6.45) is 8.28. The number of para-hydroxylation sites is 1. The van der Waals surface area contributed by atoms with Crippen LogP contribution in [0.1, 0.15) is 29.0 Å². The van der Waals surface area contributed by atoms with Crippen LogP contribution in [0, 0.1) is 5.92 Å². The van der Waals surface area contributed by atoms with Crippen LogP contribution in [0.15, 0.2) is 55.0 Å². The molecule has 0 spiro atoms. The molecule has 1 fully saturated rings. The number of benzene rings is 1. The van der Waals surface area contributed by atoms with Crippen LogP contribution in [0.5, 0.6) is 0 Å². The second-order valence-corrected chi connectivity index (χ2v) is 6.57. The number of amides is 1. The van der Waals surface area contributed by atoms with Crippen molar-refractivity contribution in [3.63, 3.8) is 0 Å². The topological polar surface area (TPSA) is 59.0 Å². The van der Waals surface area contributed by atoms with Gasteiger partial charge in [-0.25, -0.2) is 9.97 Å². The molecule has 0 N–H and O–H groups in total. The number of nitrogens with zero attached hydrogens (tertiary/aromatic N) is 4. The van der Waals surface area contributed by atoms with E-state index < -0.39 is 0 Å². The minimum Gasteiger partial charge on any atom is -0.336 e. The number of likely N-dealkylation sites (tertiary alicyclic amines) is 1. The van der Waals surface area contributed by atoms with E-state index in [2.05, 4.69) is 27.1 Å². The van der Waals surface area contributed by atoms with E-state index in [1.165, 1.54) is 10.9 Å². The molecular formula is C20H20N4O. The predicted octanol–water partition coefficient (Wildman–Crippen LogP) is 3.12. The summed E-state index contributed by atoms with van der Waals surface area (Å²) in [4.78, 5) is 27.2. The third-order valence-corrected chi connectivity index (χ3v) is 4.73. The van der Waals surface area contributed by atoms with E-state index >= 15 is 0 Å². The lowest BCUT2D eigenvalue weighted by atomic mass is 9.91. The van der Waals surface area contributed by atoms with Gasteiger partial charge >= 0.3 is 0 Å². The second-order valence-electron chi connectivity index (χ2n) is 6.57. The number of carbonyl (C=O) groups excluding carboxylic acids is 1. The van der Waals surface area contributed by atoms with Crippen LogP contribution in [-0.2, 0) is 6.42 Å². The molecule has 4 rings (SSSR count). The molecule has 1 aliphatic heterocycles. The molecule has 3 heterocycles. The van der Waals surface area contributed by atoms with Crippen LogP contribution in [0.25, 0.3) is 10.9 Å². The zero-order valence-corrected chi connectivity index (χ0v) is 14.0. The van der Waals surface area contributed by atoms with Crippen LogP contribution in [0.3, 0.4) is 0 Å². The van der Waals surface area contributed by atoms with E-state index in [0.29, 0.717) is 5.92 Å². The molecule has 126 valence electrons. The normalized spacial score (nSPS) is 17.6. The zero-order chi connectivity index (χ0) is 17.1. The summed E-state index contributed by atoms with van der Waals surface area (Å²) in [6.45, 7) is 1.54. The quantitative estimate of drug-likeness (QED) is 0.739. The fourth-order valence-electron chi connectivity index (χ4n) is 3.53. The summed E-state index contributed by atoms with van der Waals surface area (Å²) >= 11 is 0. The first kappa shape index (κ1) is 15.7. The van der Waals surface area contributed by atoms with Crippen molar-refractivity contribution in [2.75, 3.05) is 13.1 Å². The van der Waals surface area contributed by atoms with Gasteiger partial charge in [-0.2, -0.15) is 0 Å². The van der Waals surface area contributed by atoms with Crippen LogP contribution in [-0.4, -0.2) is 38.8 Å². The molecule has 25 heavy (non-hydrogen) atoms. The van der Waals surface area contributed by atoms with Crippen molar-refractivity contribution in [1.29, 1.82) is 0 Å². The van der Waals surface area contributed by atoms with Gasteiger partial charge in [0, 0.05) is 37.1 Å². The number of carbonyl (C=O) groups is 1. The first-order chi connectivity index (χ1) is 12.3. The number of pyridine rings is 1. The number of rotatable bonds is 3. The highest BCUT2D eigenvalue weighted by Gasteiger charge is 2.26. The van der Waals surface area contributed by atoms with E-state index in [4.69, 9.17) is 0 Å². The molecule has 1 saturated heterocycles. The van der Waals surface area contributed by atoms with Gasteiger partial charge in [-0.15, -0.1) is 0 Å². The highest BCUT2D eigenvalue weighted by molar-refractivity contribution is 5.90. The standard InChI is InChI=1S/C20H20N4O/c25-20(19-21-8-4-9-22-19)24-10-3-5-15(14-24)11-16-12-17-6-1-2-7-18(17)23-13-16/h1-2,4,6-9,12-13,15H,3,5,10-11,14H2/t15-/m0/s1. The van der Waals surface area contributed by atoms with Gasteiger partial charge in [-0.05, 0) is 48.9 Å². The number of fused-ring (bicyclic) bond motifs is 1. The molecule has 2 aromatic heterocycles. The Morgan fingerprint density at radius 2 is 1.96 bits per heavy atom. The third-order valence-electron chi connectivity index (χ3n) is 4.73. The molecule has 1 aliphatic rings. The summed E-state index contributed by atoms with van der Waals surface area (Å²) in [6, 6.07) is 12.1. The summed E-state index contributed by atoms with van der Waals surface area (Å²) < 4.78 is 0. The Morgan fingerprint density at radius 3 is 2.84 bits per heavy atom. The van der Waals surface area contributed by atoms with E-state index in [0.717, 1.165) is 37.9 Å². The maximum absolute atomic E-state index is 12.6. The van der Waals surface area contributed by atoms with Gasteiger partial charge in [0.25, 0.3) is 5.91 Å². The second kappa shape index (κ2) is 6.97. The summed E-state index contributed by atoms with van der Waals surface area (Å²) in [5.74, 6) is 0.668.